The minimum absolute atomic E-state index is 1.16. The molecule has 0 atom stereocenters. The first-order chi connectivity index (χ1) is 23.3. The predicted octanol–water partition coefficient (Wildman–Crippen LogP) is 13.2. The molecule has 1 aromatic heterocycles. The molecule has 226 valence electrons. The van der Waals surface area contributed by atoms with Crippen LogP contribution in [0.4, 0.5) is 0 Å². The van der Waals surface area contributed by atoms with Crippen LogP contribution in [0.25, 0.3) is 77.7 Å². The van der Waals surface area contributed by atoms with Gasteiger partial charge in [-0.3, -0.25) is 0 Å². The van der Waals surface area contributed by atoms with E-state index in [1.165, 1.54) is 66.0 Å². The van der Waals surface area contributed by atoms with Crippen molar-refractivity contribution in [2.75, 3.05) is 0 Å². The van der Waals surface area contributed by atoms with Crippen LogP contribution in [0.15, 0.2) is 176 Å². The quantitative estimate of drug-likeness (QED) is 0.167. The molecule has 0 aliphatic carbocycles. The summed E-state index contributed by atoms with van der Waals surface area (Å²) in [5.41, 5.74) is 12.0. The molecule has 0 N–H and O–H groups in total. The average Bonchev–Trinajstić information content (AvgIpc) is 3.49. The van der Waals surface area contributed by atoms with E-state index >= 15 is 0 Å². The second-order valence-corrected chi connectivity index (χ2v) is 11.5. The molecule has 1 heteroatoms. The van der Waals surface area contributed by atoms with Crippen molar-refractivity contribution in [1.29, 1.82) is 0 Å². The van der Waals surface area contributed by atoms with Gasteiger partial charge in [-0.1, -0.05) is 160 Å². The van der Waals surface area contributed by atoms with E-state index in [1.807, 2.05) is 26.0 Å². The molecule has 1 heterocycles. The second-order valence-electron chi connectivity index (χ2n) is 11.5. The minimum atomic E-state index is 1.16. The van der Waals surface area contributed by atoms with Crippen LogP contribution in [0.5, 0.6) is 0 Å². The smallest absolute Gasteiger partial charge is 0.0619 e. The Morgan fingerprint density at radius 2 is 1.04 bits per heavy atom. The van der Waals surface area contributed by atoms with Gasteiger partial charge in [-0.2, -0.15) is 0 Å². The third-order valence-electron chi connectivity index (χ3n) is 8.71. The van der Waals surface area contributed by atoms with E-state index in [1.54, 1.807) is 0 Å². The summed E-state index contributed by atoms with van der Waals surface area (Å²) < 4.78 is 2.44. The highest BCUT2D eigenvalue weighted by Gasteiger charge is 2.16. The fraction of sp³-hybridized carbons (Fsp3) is 0.0435. The van der Waals surface area contributed by atoms with Crippen LogP contribution in [0.1, 0.15) is 19.4 Å². The number of fused-ring (bicyclic) bond motifs is 5. The van der Waals surface area contributed by atoms with Gasteiger partial charge in [0.05, 0.1) is 11.0 Å². The number of hydrogen-bond donors (Lipinski definition) is 0. The van der Waals surface area contributed by atoms with Gasteiger partial charge in [0, 0.05) is 21.8 Å². The molecule has 0 radical (unpaired) electrons. The van der Waals surface area contributed by atoms with Gasteiger partial charge in [0.2, 0.25) is 0 Å². The summed E-state index contributed by atoms with van der Waals surface area (Å²) in [4.78, 5) is 0. The van der Waals surface area contributed by atoms with Crippen LogP contribution in [0, 0.1) is 0 Å². The van der Waals surface area contributed by atoms with Crippen LogP contribution in [0.3, 0.4) is 0 Å². The number of allylic oxidation sites excluding steroid dienone is 2. The highest BCUT2D eigenvalue weighted by Crippen LogP contribution is 2.39. The van der Waals surface area contributed by atoms with Crippen molar-refractivity contribution in [2.24, 2.45) is 0 Å². The van der Waals surface area contributed by atoms with Crippen molar-refractivity contribution in [3.63, 3.8) is 0 Å². The zero-order valence-electron chi connectivity index (χ0n) is 26.9. The molecule has 0 saturated heterocycles. The van der Waals surface area contributed by atoms with Gasteiger partial charge >= 0.3 is 0 Å². The summed E-state index contributed by atoms with van der Waals surface area (Å²) in [5.74, 6) is 0. The lowest BCUT2D eigenvalue weighted by atomic mass is 9.97. The molecule has 0 bridgehead atoms. The maximum atomic E-state index is 3.81. The second kappa shape index (κ2) is 13.2. The summed E-state index contributed by atoms with van der Waals surface area (Å²) in [6.07, 6.45) is 5.88. The van der Waals surface area contributed by atoms with Crippen molar-refractivity contribution < 1.29 is 0 Å². The lowest BCUT2D eigenvalue weighted by Gasteiger charge is -2.12. The number of rotatable bonds is 6. The van der Waals surface area contributed by atoms with Gasteiger partial charge in [-0.05, 0) is 80.7 Å². The summed E-state index contributed by atoms with van der Waals surface area (Å²) in [5, 5.41) is 4.98. The van der Waals surface area contributed by atoms with Gasteiger partial charge in [-0.15, -0.1) is 0 Å². The highest BCUT2D eigenvalue weighted by molar-refractivity contribution is 6.19. The van der Waals surface area contributed by atoms with E-state index in [0.717, 1.165) is 11.3 Å². The van der Waals surface area contributed by atoms with E-state index < -0.39 is 0 Å². The third-order valence-corrected chi connectivity index (χ3v) is 8.71. The Hall–Kier alpha value is -5.92. The van der Waals surface area contributed by atoms with Crippen molar-refractivity contribution in [1.82, 2.24) is 4.57 Å². The summed E-state index contributed by atoms with van der Waals surface area (Å²) >= 11 is 0. The van der Waals surface area contributed by atoms with Crippen molar-refractivity contribution in [3.05, 3.63) is 182 Å². The topological polar surface area (TPSA) is 4.93 Å². The van der Waals surface area contributed by atoms with Crippen LogP contribution in [-0.2, 0) is 0 Å². The highest BCUT2D eigenvalue weighted by atomic mass is 15.0. The number of para-hydroxylation sites is 1. The molecule has 0 aliphatic rings. The van der Waals surface area contributed by atoms with Crippen molar-refractivity contribution in [3.8, 4) is 39.1 Å². The molecule has 47 heavy (non-hydrogen) atoms. The monoisotopic (exact) mass is 603 g/mol. The van der Waals surface area contributed by atoms with Crippen molar-refractivity contribution >= 4 is 38.7 Å². The number of benzene rings is 7. The molecular formula is C46H37N. The molecule has 0 fully saturated rings. The predicted molar refractivity (Wildman–Crippen MR) is 205 cm³/mol. The SMILES string of the molecule is C=C/C=C/c1cccc(-c2ccc3c(ccc4c5ccc(-c6cccc(-c7ccccc7)c6)cc5n(-c5ccccc5)c34)c2)c1.CC. The van der Waals surface area contributed by atoms with Gasteiger partial charge in [0.25, 0.3) is 0 Å². The van der Waals surface area contributed by atoms with Gasteiger partial charge in [0.1, 0.15) is 0 Å². The van der Waals surface area contributed by atoms with Crippen LogP contribution in [-0.4, -0.2) is 4.57 Å². The lowest BCUT2D eigenvalue weighted by Crippen LogP contribution is -1.94. The van der Waals surface area contributed by atoms with Gasteiger partial charge in [-0.25, -0.2) is 0 Å². The first-order valence-corrected chi connectivity index (χ1v) is 16.4. The Balaban J connectivity index is 0.00000172. The molecule has 0 spiro atoms. The standard InChI is InChI=1S/C44H31N.C2H6/c1-2-3-12-31-13-10-16-33(27-31)36-21-24-40-38(29-36)23-26-42-41-25-22-37(30-43(41)45(44(40)42)39-19-8-5-9-20-39)35-18-11-17-34(28-35)32-14-6-4-7-15-32;1-2/h2-30H,1H2;1-2H3/b12-3+;. The Bertz CT molecular complexity index is 2370. The molecule has 0 aliphatic heterocycles. The van der Waals surface area contributed by atoms with E-state index in [4.69, 9.17) is 0 Å². The minimum Gasteiger partial charge on any atom is -0.309 e. The number of nitrogens with zero attached hydrogens (tertiary/aromatic N) is 1. The molecule has 0 amide bonds. The van der Waals surface area contributed by atoms with Gasteiger partial charge < -0.3 is 4.57 Å². The van der Waals surface area contributed by atoms with Crippen molar-refractivity contribution in [2.45, 2.75) is 13.8 Å². The fourth-order valence-electron chi connectivity index (χ4n) is 6.55. The first kappa shape index (κ1) is 29.8. The Morgan fingerprint density at radius 1 is 0.468 bits per heavy atom. The fourth-order valence-corrected chi connectivity index (χ4v) is 6.55. The maximum absolute atomic E-state index is 3.81. The average molecular weight is 604 g/mol. The molecule has 0 saturated carbocycles. The molecule has 7 aromatic carbocycles. The van der Waals surface area contributed by atoms with E-state index in [0.29, 0.717) is 0 Å². The van der Waals surface area contributed by atoms with Crippen LogP contribution in [0.2, 0.25) is 0 Å². The lowest BCUT2D eigenvalue weighted by molar-refractivity contribution is 1.19. The number of hydrogen-bond acceptors (Lipinski definition) is 0. The zero-order chi connectivity index (χ0) is 32.2. The third kappa shape index (κ3) is 5.69. The Morgan fingerprint density at radius 3 is 1.79 bits per heavy atom. The summed E-state index contributed by atoms with van der Waals surface area (Å²) in [6.45, 7) is 7.81. The Labute approximate surface area is 277 Å². The maximum Gasteiger partial charge on any atom is 0.0619 e. The normalized spacial score (nSPS) is 11.2. The van der Waals surface area contributed by atoms with E-state index in [-0.39, 0.29) is 0 Å². The summed E-state index contributed by atoms with van der Waals surface area (Å²) in [6, 6.07) is 57.2. The molecule has 8 rings (SSSR count). The van der Waals surface area contributed by atoms with Gasteiger partial charge in [0.15, 0.2) is 0 Å². The largest absolute Gasteiger partial charge is 0.309 e. The molecule has 8 aromatic rings. The molecular weight excluding hydrogens is 567 g/mol. The van der Waals surface area contributed by atoms with Crippen LogP contribution < -0.4 is 0 Å². The number of aromatic nitrogens is 1. The molecule has 1 nitrogen and oxygen atoms in total. The van der Waals surface area contributed by atoms with Crippen LogP contribution >= 0.6 is 0 Å². The summed E-state index contributed by atoms with van der Waals surface area (Å²) in [7, 11) is 0. The van der Waals surface area contributed by atoms with E-state index in [2.05, 4.69) is 175 Å². The zero-order valence-corrected chi connectivity index (χ0v) is 26.9. The van der Waals surface area contributed by atoms with E-state index in [9.17, 15) is 0 Å². The Kier molecular flexibility index (Phi) is 8.37. The molecule has 0 unspecified atom stereocenters. The first-order valence-electron chi connectivity index (χ1n) is 16.4.